The highest BCUT2D eigenvalue weighted by Gasteiger charge is 2.46. The molecule has 9 nitrogen and oxygen atoms in total. The van der Waals surface area contributed by atoms with Crippen molar-refractivity contribution in [2.75, 3.05) is 24.6 Å². The van der Waals surface area contributed by atoms with Gasteiger partial charge in [-0.3, -0.25) is 9.48 Å². The highest BCUT2D eigenvalue weighted by Crippen LogP contribution is 2.46. The van der Waals surface area contributed by atoms with Gasteiger partial charge >= 0.3 is 6.18 Å². The van der Waals surface area contributed by atoms with Gasteiger partial charge in [-0.2, -0.15) is 23.4 Å². The van der Waals surface area contributed by atoms with Crippen LogP contribution in [0.15, 0.2) is 24.5 Å². The molecule has 3 aliphatic rings. The molecule has 1 saturated carbocycles. The predicted octanol–water partition coefficient (Wildman–Crippen LogP) is 5.04. The van der Waals surface area contributed by atoms with Crippen molar-refractivity contribution in [3.8, 4) is 0 Å². The predicted molar refractivity (Wildman–Crippen MR) is 154 cm³/mol. The monoisotopic (exact) mass is 601 g/mol. The second-order valence-electron chi connectivity index (χ2n) is 13.1. The van der Waals surface area contributed by atoms with E-state index in [-0.39, 0.29) is 29.6 Å². The number of nitrogens with zero attached hydrogens (tertiary/aromatic N) is 6. The number of carbonyl (C=O) groups is 1. The third-order valence-corrected chi connectivity index (χ3v) is 10.4. The molecular formula is C29H38F3N7O2Si. The van der Waals surface area contributed by atoms with Crippen molar-refractivity contribution in [3.63, 3.8) is 0 Å². The van der Waals surface area contributed by atoms with Gasteiger partial charge in [-0.05, 0) is 55.7 Å². The van der Waals surface area contributed by atoms with Gasteiger partial charge in [0.25, 0.3) is 5.91 Å². The van der Waals surface area contributed by atoms with Crippen LogP contribution in [-0.4, -0.2) is 58.2 Å². The number of nitrogens with one attached hydrogen (secondary N) is 1. The molecule has 42 heavy (non-hydrogen) atoms. The first-order valence-electron chi connectivity index (χ1n) is 14.6. The van der Waals surface area contributed by atoms with Crippen molar-refractivity contribution in [1.29, 1.82) is 0 Å². The van der Waals surface area contributed by atoms with E-state index in [1.54, 1.807) is 6.07 Å². The van der Waals surface area contributed by atoms with Crippen molar-refractivity contribution >= 4 is 19.8 Å². The number of aromatic nitrogens is 5. The number of amides is 1. The van der Waals surface area contributed by atoms with Gasteiger partial charge in [0.2, 0.25) is 0 Å². The molecule has 0 spiro atoms. The summed E-state index contributed by atoms with van der Waals surface area (Å²) < 4.78 is 51.0. The number of halogens is 3. The summed E-state index contributed by atoms with van der Waals surface area (Å²) in [4.78, 5) is 19.1. The molecule has 13 heteroatoms. The molecule has 1 N–H and O–H groups in total. The van der Waals surface area contributed by atoms with Crippen LogP contribution in [0.5, 0.6) is 0 Å². The molecule has 4 heterocycles. The zero-order valence-corrected chi connectivity index (χ0v) is 25.5. The van der Waals surface area contributed by atoms with Crippen LogP contribution < -0.4 is 10.2 Å². The SMILES string of the molecule is Cc1c2c(nn1COCC[Si](C)(C)C)[C@H](NC(=O)c1cnn(Cc3ccc(N4CC5CC5C4)nc3C(F)(F)F)c1)CC2. The molecule has 0 radical (unpaired) electrons. The standard InChI is InChI=1S/C29H38F3N7O2Si/c1-18-23-6-7-24(26(23)36-39(18)17-41-9-10-42(2,3)4)34-28(40)22-12-33-38(16-22)15-19-5-8-25(35-27(19)29(30,31)32)37-13-20-11-21(20)14-37/h5,8,12,16,20-21,24H,6-7,9-11,13-15,17H2,1-4H3,(H,34,40)/t20?,21?,24-/m1/s1. The van der Waals surface area contributed by atoms with E-state index in [9.17, 15) is 18.0 Å². The Morgan fingerprint density at radius 2 is 1.95 bits per heavy atom. The number of piperidine rings is 1. The van der Waals surface area contributed by atoms with Crippen LogP contribution in [0, 0.1) is 18.8 Å². The first-order valence-corrected chi connectivity index (χ1v) is 18.4. The summed E-state index contributed by atoms with van der Waals surface area (Å²) >= 11 is 0. The van der Waals surface area contributed by atoms with Crippen LogP contribution >= 0.6 is 0 Å². The maximum Gasteiger partial charge on any atom is 0.433 e. The van der Waals surface area contributed by atoms with Crippen LogP contribution in [0.4, 0.5) is 19.0 Å². The molecule has 1 saturated heterocycles. The molecule has 2 fully saturated rings. The van der Waals surface area contributed by atoms with Gasteiger partial charge in [-0.25, -0.2) is 9.67 Å². The zero-order chi connectivity index (χ0) is 29.8. The van der Waals surface area contributed by atoms with Crippen molar-refractivity contribution in [2.45, 2.75) is 77.4 Å². The summed E-state index contributed by atoms with van der Waals surface area (Å²) in [5.74, 6) is 1.20. The molecule has 3 aromatic heterocycles. The summed E-state index contributed by atoms with van der Waals surface area (Å²) in [6.45, 7) is 11.4. The van der Waals surface area contributed by atoms with E-state index in [0.29, 0.717) is 31.0 Å². The summed E-state index contributed by atoms with van der Waals surface area (Å²) in [5, 5.41) is 12.0. The topological polar surface area (TPSA) is 90.1 Å². The lowest BCUT2D eigenvalue weighted by atomic mass is 10.1. The molecule has 226 valence electrons. The molecule has 2 aliphatic carbocycles. The molecule has 0 aromatic carbocycles. The summed E-state index contributed by atoms with van der Waals surface area (Å²) in [6, 6.07) is 3.97. The Kier molecular flexibility index (Phi) is 7.45. The number of rotatable bonds is 10. The second kappa shape index (κ2) is 10.8. The van der Waals surface area contributed by atoms with E-state index in [4.69, 9.17) is 9.84 Å². The van der Waals surface area contributed by atoms with Gasteiger partial charge in [-0.1, -0.05) is 25.7 Å². The number of carbonyl (C=O) groups excluding carboxylic acids is 1. The van der Waals surface area contributed by atoms with E-state index >= 15 is 0 Å². The van der Waals surface area contributed by atoms with Gasteiger partial charge in [0.15, 0.2) is 5.69 Å². The first kappa shape index (κ1) is 28.9. The zero-order valence-electron chi connectivity index (χ0n) is 24.5. The molecule has 6 rings (SSSR count). The van der Waals surface area contributed by atoms with E-state index in [1.165, 1.54) is 23.1 Å². The Hall–Kier alpha value is -3.19. The van der Waals surface area contributed by atoms with Gasteiger partial charge in [0, 0.05) is 45.2 Å². The number of hydrogen-bond donors (Lipinski definition) is 1. The van der Waals surface area contributed by atoms with Gasteiger partial charge in [-0.15, -0.1) is 0 Å². The maximum atomic E-state index is 14.0. The lowest BCUT2D eigenvalue weighted by Crippen LogP contribution is -2.27. The summed E-state index contributed by atoms with van der Waals surface area (Å²) in [7, 11) is -1.18. The quantitative estimate of drug-likeness (QED) is 0.259. The molecule has 0 bridgehead atoms. The maximum absolute atomic E-state index is 14.0. The van der Waals surface area contributed by atoms with Gasteiger partial charge < -0.3 is 15.0 Å². The molecule has 2 unspecified atom stereocenters. The number of anilines is 1. The smallest absolute Gasteiger partial charge is 0.360 e. The highest BCUT2D eigenvalue weighted by atomic mass is 28.3. The van der Waals surface area contributed by atoms with Crippen LogP contribution in [0.25, 0.3) is 0 Å². The highest BCUT2D eigenvalue weighted by molar-refractivity contribution is 6.76. The van der Waals surface area contributed by atoms with E-state index in [1.807, 2.05) is 16.5 Å². The number of alkyl halides is 3. The minimum Gasteiger partial charge on any atom is -0.360 e. The third-order valence-electron chi connectivity index (χ3n) is 8.65. The average molecular weight is 602 g/mol. The van der Waals surface area contributed by atoms with Crippen LogP contribution in [0.2, 0.25) is 25.7 Å². The largest absolute Gasteiger partial charge is 0.433 e. The molecular weight excluding hydrogens is 563 g/mol. The minimum atomic E-state index is -4.59. The molecule has 3 aromatic rings. The summed E-state index contributed by atoms with van der Waals surface area (Å²) in [5.41, 5.74) is 2.41. The number of hydrogen-bond acceptors (Lipinski definition) is 6. The normalized spacial score (nSPS) is 21.5. The molecule has 1 aliphatic heterocycles. The molecule has 1 amide bonds. The Balaban J connectivity index is 1.10. The number of pyridine rings is 1. The third kappa shape index (κ3) is 6.12. The Morgan fingerprint density at radius 1 is 1.19 bits per heavy atom. The first-order chi connectivity index (χ1) is 19.9. The van der Waals surface area contributed by atoms with Crippen LogP contribution in [0.1, 0.15) is 57.5 Å². The number of fused-ring (bicyclic) bond motifs is 2. The Bertz CT molecular complexity index is 1470. The van der Waals surface area contributed by atoms with Crippen LogP contribution in [-0.2, 0) is 30.6 Å². The van der Waals surface area contributed by atoms with Gasteiger partial charge in [0.1, 0.15) is 12.5 Å². The van der Waals surface area contributed by atoms with Crippen molar-refractivity contribution in [3.05, 3.63) is 58.3 Å². The lowest BCUT2D eigenvalue weighted by molar-refractivity contribution is -0.141. The average Bonchev–Trinajstić information content (AvgIpc) is 3.33. The van der Waals surface area contributed by atoms with E-state index in [2.05, 4.69) is 35.0 Å². The van der Waals surface area contributed by atoms with Crippen molar-refractivity contribution in [1.82, 2.24) is 29.9 Å². The fourth-order valence-corrected chi connectivity index (χ4v) is 6.77. The number of ether oxygens (including phenoxy) is 1. The lowest BCUT2D eigenvalue weighted by Gasteiger charge is -2.21. The van der Waals surface area contributed by atoms with Crippen molar-refractivity contribution in [2.24, 2.45) is 11.8 Å². The van der Waals surface area contributed by atoms with Gasteiger partial charge in [0.05, 0.1) is 30.0 Å². The van der Waals surface area contributed by atoms with Crippen molar-refractivity contribution < 1.29 is 22.7 Å². The summed E-state index contributed by atoms with van der Waals surface area (Å²) in [6.07, 6.45) is 0.969. The second-order valence-corrected chi connectivity index (χ2v) is 18.7. The fourth-order valence-electron chi connectivity index (χ4n) is 6.01. The van der Waals surface area contributed by atoms with E-state index in [0.717, 1.165) is 55.3 Å². The fraction of sp³-hybridized carbons (Fsp3) is 0.586. The van der Waals surface area contributed by atoms with Crippen LogP contribution in [0.3, 0.4) is 0 Å². The minimum absolute atomic E-state index is 0.0131. The molecule has 3 atom stereocenters. The Morgan fingerprint density at radius 3 is 2.67 bits per heavy atom. The van der Waals surface area contributed by atoms with E-state index < -0.39 is 19.9 Å². The Labute approximate surface area is 244 Å².